The standard InChI is InChI=1S/C22H23NO3/c1-15(2)14-26-20-9-8-17(12-21(20)25-4)11-19(13-23)22(24)18-7-5-6-16(3)10-18/h5-12,15H,14H2,1-4H3/b19-11+. The number of benzene rings is 2. The molecule has 0 N–H and O–H groups in total. The Hall–Kier alpha value is -3.06. The zero-order chi connectivity index (χ0) is 19.1. The third-order valence-electron chi connectivity index (χ3n) is 3.72. The van der Waals surface area contributed by atoms with Crippen molar-refractivity contribution in [3.63, 3.8) is 0 Å². The lowest BCUT2D eigenvalue weighted by Crippen LogP contribution is -2.05. The van der Waals surface area contributed by atoms with Gasteiger partial charge in [-0.1, -0.05) is 43.7 Å². The molecule has 0 saturated carbocycles. The van der Waals surface area contributed by atoms with E-state index in [1.807, 2.05) is 19.1 Å². The highest BCUT2D eigenvalue weighted by Gasteiger charge is 2.13. The maximum absolute atomic E-state index is 12.6. The van der Waals surface area contributed by atoms with Crippen molar-refractivity contribution in [1.29, 1.82) is 5.26 Å². The van der Waals surface area contributed by atoms with Gasteiger partial charge in [-0.3, -0.25) is 4.79 Å². The number of allylic oxidation sites excluding steroid dienone is 1. The van der Waals surface area contributed by atoms with Crippen LogP contribution in [0.4, 0.5) is 0 Å². The molecule has 0 atom stereocenters. The molecule has 0 heterocycles. The number of ketones is 1. The number of ether oxygens (including phenoxy) is 2. The second-order valence-corrected chi connectivity index (χ2v) is 6.48. The average molecular weight is 349 g/mol. The molecule has 0 unspecified atom stereocenters. The molecule has 2 aromatic rings. The molecule has 4 nitrogen and oxygen atoms in total. The van der Waals surface area contributed by atoms with E-state index < -0.39 is 0 Å². The van der Waals surface area contributed by atoms with Crippen molar-refractivity contribution in [3.05, 3.63) is 64.7 Å². The van der Waals surface area contributed by atoms with Crippen LogP contribution in [0.5, 0.6) is 11.5 Å². The molecule has 0 aliphatic heterocycles. The minimum absolute atomic E-state index is 0.0773. The molecule has 0 aromatic heterocycles. The van der Waals surface area contributed by atoms with Gasteiger partial charge in [-0.15, -0.1) is 0 Å². The fraction of sp³-hybridized carbons (Fsp3) is 0.273. The van der Waals surface area contributed by atoms with E-state index >= 15 is 0 Å². The molecule has 0 aliphatic rings. The van der Waals surface area contributed by atoms with Crippen LogP contribution >= 0.6 is 0 Å². The van der Waals surface area contributed by atoms with E-state index in [1.54, 1.807) is 49.6 Å². The largest absolute Gasteiger partial charge is 0.493 e. The van der Waals surface area contributed by atoms with E-state index in [0.29, 0.717) is 35.2 Å². The van der Waals surface area contributed by atoms with Gasteiger partial charge in [0, 0.05) is 5.56 Å². The molecule has 0 aliphatic carbocycles. The summed E-state index contributed by atoms with van der Waals surface area (Å²) in [7, 11) is 1.56. The SMILES string of the molecule is COc1cc(/C=C(\C#N)C(=O)c2cccc(C)c2)ccc1OCC(C)C. The van der Waals surface area contributed by atoms with Crippen molar-refractivity contribution >= 4 is 11.9 Å². The Kier molecular flexibility index (Phi) is 6.57. The van der Waals surface area contributed by atoms with Crippen molar-refractivity contribution in [2.45, 2.75) is 20.8 Å². The molecule has 2 aromatic carbocycles. The molecule has 0 bridgehead atoms. The smallest absolute Gasteiger partial charge is 0.203 e. The van der Waals surface area contributed by atoms with Crippen molar-refractivity contribution in [2.24, 2.45) is 5.92 Å². The van der Waals surface area contributed by atoms with E-state index in [4.69, 9.17) is 9.47 Å². The summed E-state index contributed by atoms with van der Waals surface area (Å²) in [5.74, 6) is 1.31. The number of aryl methyl sites for hydroxylation is 1. The molecular weight excluding hydrogens is 326 g/mol. The van der Waals surface area contributed by atoms with Gasteiger partial charge in [-0.25, -0.2) is 0 Å². The fourth-order valence-corrected chi connectivity index (χ4v) is 2.41. The lowest BCUT2D eigenvalue weighted by atomic mass is 10.0. The quantitative estimate of drug-likeness (QED) is 0.408. The zero-order valence-corrected chi connectivity index (χ0v) is 15.6. The Morgan fingerprint density at radius 3 is 2.58 bits per heavy atom. The zero-order valence-electron chi connectivity index (χ0n) is 15.6. The van der Waals surface area contributed by atoms with Gasteiger partial charge >= 0.3 is 0 Å². The number of methoxy groups -OCH3 is 1. The van der Waals surface area contributed by atoms with Gasteiger partial charge in [-0.2, -0.15) is 5.26 Å². The maximum atomic E-state index is 12.6. The van der Waals surface area contributed by atoms with Crippen LogP contribution in [0.3, 0.4) is 0 Å². The number of rotatable bonds is 7. The van der Waals surface area contributed by atoms with Crippen molar-refractivity contribution in [3.8, 4) is 17.6 Å². The summed E-state index contributed by atoms with van der Waals surface area (Å²) in [6, 6.07) is 14.6. The Morgan fingerprint density at radius 2 is 1.96 bits per heavy atom. The molecule has 0 spiro atoms. The molecule has 0 saturated heterocycles. The number of nitriles is 1. The van der Waals surface area contributed by atoms with Gasteiger partial charge in [-0.05, 0) is 42.7 Å². The first-order valence-corrected chi connectivity index (χ1v) is 8.48. The molecule has 0 amide bonds. The Labute approximate surface area is 154 Å². The van der Waals surface area contributed by atoms with Gasteiger partial charge in [0.2, 0.25) is 5.78 Å². The van der Waals surface area contributed by atoms with Crippen molar-refractivity contribution < 1.29 is 14.3 Å². The van der Waals surface area contributed by atoms with Crippen LogP contribution < -0.4 is 9.47 Å². The minimum Gasteiger partial charge on any atom is -0.493 e. The minimum atomic E-state index is -0.296. The lowest BCUT2D eigenvalue weighted by molar-refractivity contribution is 0.104. The normalized spacial score (nSPS) is 11.2. The van der Waals surface area contributed by atoms with Gasteiger partial charge in [0.05, 0.1) is 13.7 Å². The summed E-state index contributed by atoms with van der Waals surface area (Å²) in [5.41, 5.74) is 2.26. The monoisotopic (exact) mass is 349 g/mol. The van der Waals surface area contributed by atoms with E-state index in [9.17, 15) is 10.1 Å². The second-order valence-electron chi connectivity index (χ2n) is 6.48. The van der Waals surface area contributed by atoms with Crippen LogP contribution in [0, 0.1) is 24.2 Å². The number of carbonyl (C=O) groups is 1. The van der Waals surface area contributed by atoms with E-state index in [0.717, 1.165) is 5.56 Å². The molecule has 2 rings (SSSR count). The summed E-state index contributed by atoms with van der Waals surface area (Å²) < 4.78 is 11.1. The first kappa shape index (κ1) is 19.3. The predicted molar refractivity (Wildman–Crippen MR) is 102 cm³/mol. The molecule has 134 valence electrons. The van der Waals surface area contributed by atoms with Crippen molar-refractivity contribution in [2.75, 3.05) is 13.7 Å². The second kappa shape index (κ2) is 8.87. The lowest BCUT2D eigenvalue weighted by Gasteiger charge is -2.13. The first-order chi connectivity index (χ1) is 12.4. The van der Waals surface area contributed by atoms with Gasteiger partial charge in [0.25, 0.3) is 0 Å². The van der Waals surface area contributed by atoms with Crippen molar-refractivity contribution in [1.82, 2.24) is 0 Å². The maximum Gasteiger partial charge on any atom is 0.203 e. The Morgan fingerprint density at radius 1 is 1.19 bits per heavy atom. The number of nitrogens with zero attached hydrogens (tertiary/aromatic N) is 1. The topological polar surface area (TPSA) is 59.3 Å². The van der Waals surface area contributed by atoms with E-state index in [1.165, 1.54) is 0 Å². The van der Waals surface area contributed by atoms with Crippen LogP contribution in [-0.2, 0) is 0 Å². The average Bonchev–Trinajstić information content (AvgIpc) is 2.64. The number of carbonyl (C=O) groups excluding carboxylic acids is 1. The highest BCUT2D eigenvalue weighted by molar-refractivity contribution is 6.14. The van der Waals surface area contributed by atoms with Crippen LogP contribution in [0.1, 0.15) is 35.3 Å². The molecule has 4 heteroatoms. The van der Waals surface area contributed by atoms with E-state index in [2.05, 4.69) is 13.8 Å². The van der Waals surface area contributed by atoms with Crippen LogP contribution in [-0.4, -0.2) is 19.5 Å². The Bertz CT molecular complexity index is 860. The van der Waals surface area contributed by atoms with Crippen LogP contribution in [0.15, 0.2) is 48.0 Å². The highest BCUT2D eigenvalue weighted by atomic mass is 16.5. The molecule has 26 heavy (non-hydrogen) atoms. The summed E-state index contributed by atoms with van der Waals surface area (Å²) in [5, 5.41) is 9.42. The van der Waals surface area contributed by atoms with Crippen LogP contribution in [0.25, 0.3) is 6.08 Å². The molecule has 0 fully saturated rings. The van der Waals surface area contributed by atoms with Gasteiger partial charge < -0.3 is 9.47 Å². The highest BCUT2D eigenvalue weighted by Crippen LogP contribution is 2.29. The predicted octanol–water partition coefficient (Wildman–Crippen LogP) is 4.83. The fourth-order valence-electron chi connectivity index (χ4n) is 2.41. The summed E-state index contributed by atoms with van der Waals surface area (Å²) in [6.07, 6.45) is 1.57. The third-order valence-corrected chi connectivity index (χ3v) is 3.72. The first-order valence-electron chi connectivity index (χ1n) is 8.48. The Balaban J connectivity index is 2.31. The number of hydrogen-bond donors (Lipinski definition) is 0. The van der Waals surface area contributed by atoms with Gasteiger partial charge in [0.15, 0.2) is 11.5 Å². The number of Topliss-reactive ketones (excluding diaryl/α,β-unsaturated/α-hetero) is 1. The summed E-state index contributed by atoms with van der Waals surface area (Å²) in [6.45, 7) is 6.63. The van der Waals surface area contributed by atoms with Crippen LogP contribution in [0.2, 0.25) is 0 Å². The van der Waals surface area contributed by atoms with Gasteiger partial charge in [0.1, 0.15) is 11.6 Å². The number of hydrogen-bond acceptors (Lipinski definition) is 4. The molecule has 0 radical (unpaired) electrons. The summed E-state index contributed by atoms with van der Waals surface area (Å²) in [4.78, 5) is 12.6. The van der Waals surface area contributed by atoms with E-state index in [-0.39, 0.29) is 11.4 Å². The summed E-state index contributed by atoms with van der Waals surface area (Å²) >= 11 is 0. The molecular formula is C22H23NO3. The third kappa shape index (κ3) is 4.97.